The molecular formula is C10H10O2Xe. The molecule has 0 aromatic heterocycles. The van der Waals surface area contributed by atoms with Gasteiger partial charge >= 0.3 is 5.97 Å². The zero-order valence-electron chi connectivity index (χ0n) is 7.21. The van der Waals surface area contributed by atoms with Crippen molar-refractivity contribution in [2.24, 2.45) is 0 Å². The summed E-state index contributed by atoms with van der Waals surface area (Å²) in [6.07, 6.45) is 3.11. The molecular weight excluding hydrogens is 283 g/mol. The molecule has 0 aliphatic heterocycles. The first kappa shape index (κ1) is 13.0. The normalized spacial score (nSPS) is 9.31. The number of ether oxygens (including phenoxy) is 1. The summed E-state index contributed by atoms with van der Waals surface area (Å²) in [5, 5.41) is 0. The summed E-state index contributed by atoms with van der Waals surface area (Å²) in [6.45, 7) is 0. The molecule has 0 heterocycles. The predicted molar refractivity (Wildman–Crippen MR) is 47.5 cm³/mol. The summed E-state index contributed by atoms with van der Waals surface area (Å²) >= 11 is 0. The van der Waals surface area contributed by atoms with E-state index in [0.29, 0.717) is 0 Å². The van der Waals surface area contributed by atoms with Gasteiger partial charge < -0.3 is 4.74 Å². The van der Waals surface area contributed by atoms with Crippen LogP contribution in [0.25, 0.3) is 6.08 Å². The monoisotopic (exact) mass is 294 g/mol. The third kappa shape index (κ3) is 5.33. The van der Waals surface area contributed by atoms with Gasteiger partial charge in [-0.25, -0.2) is 4.79 Å². The minimum Gasteiger partial charge on any atom is -0.466 e. The van der Waals surface area contributed by atoms with Crippen LogP contribution in [0.15, 0.2) is 36.4 Å². The topological polar surface area (TPSA) is 26.3 Å². The molecule has 1 aromatic carbocycles. The van der Waals surface area contributed by atoms with Crippen LogP contribution in [0.2, 0.25) is 0 Å². The maximum absolute atomic E-state index is 10.7. The van der Waals surface area contributed by atoms with E-state index in [1.165, 1.54) is 13.2 Å². The molecule has 0 fully saturated rings. The third-order valence-corrected chi connectivity index (χ3v) is 1.41. The van der Waals surface area contributed by atoms with E-state index in [0.717, 1.165) is 5.56 Å². The first-order chi connectivity index (χ1) is 5.83. The van der Waals surface area contributed by atoms with Crippen LogP contribution in [0.4, 0.5) is 0 Å². The SMILES string of the molecule is COC(=O)C=Cc1ccccc1.[Xe]. The Hall–Kier alpha value is 0.00143. The predicted octanol–water partition coefficient (Wildman–Crippen LogP) is 1.87. The number of carbonyl (C=O) groups excluding carboxylic acids is 1. The Morgan fingerprint density at radius 3 is 2.46 bits per heavy atom. The molecule has 0 unspecified atom stereocenters. The van der Waals surface area contributed by atoms with Crippen molar-refractivity contribution in [2.45, 2.75) is 0 Å². The van der Waals surface area contributed by atoms with Crippen LogP contribution in [-0.2, 0) is 9.53 Å². The van der Waals surface area contributed by atoms with E-state index in [-0.39, 0.29) is 54.9 Å². The van der Waals surface area contributed by atoms with Crippen LogP contribution >= 0.6 is 0 Å². The molecule has 13 heavy (non-hydrogen) atoms. The van der Waals surface area contributed by atoms with E-state index in [1.807, 2.05) is 30.3 Å². The van der Waals surface area contributed by atoms with Gasteiger partial charge in [-0.05, 0) is 11.6 Å². The number of rotatable bonds is 2. The molecule has 1 rings (SSSR count). The van der Waals surface area contributed by atoms with Gasteiger partial charge in [0.25, 0.3) is 0 Å². The van der Waals surface area contributed by atoms with Gasteiger partial charge in [-0.15, -0.1) is 0 Å². The van der Waals surface area contributed by atoms with E-state index in [2.05, 4.69) is 4.74 Å². The van der Waals surface area contributed by atoms with Crippen LogP contribution in [-0.4, -0.2) is 13.1 Å². The van der Waals surface area contributed by atoms with E-state index in [1.54, 1.807) is 6.08 Å². The van der Waals surface area contributed by atoms with Gasteiger partial charge in [0.2, 0.25) is 0 Å². The largest absolute Gasteiger partial charge is 0.466 e. The van der Waals surface area contributed by atoms with Gasteiger partial charge in [-0.2, -0.15) is 0 Å². The Morgan fingerprint density at radius 2 is 1.92 bits per heavy atom. The molecule has 3 heteroatoms. The average Bonchev–Trinajstić information content (AvgIpc) is 2.16. The molecule has 0 aliphatic carbocycles. The molecule has 0 spiro atoms. The minimum atomic E-state index is -0.334. The van der Waals surface area contributed by atoms with Crippen LogP contribution in [0.3, 0.4) is 0 Å². The molecule has 0 radical (unpaired) electrons. The first-order valence-corrected chi connectivity index (χ1v) is 3.64. The smallest absolute Gasteiger partial charge is 0.330 e. The number of hydrogen-bond donors (Lipinski definition) is 0. The van der Waals surface area contributed by atoms with Gasteiger partial charge in [0.1, 0.15) is 0 Å². The summed E-state index contributed by atoms with van der Waals surface area (Å²) in [4.78, 5) is 10.7. The molecule has 2 nitrogen and oxygen atoms in total. The molecule has 0 amide bonds. The van der Waals surface area contributed by atoms with Crippen molar-refractivity contribution in [3.63, 3.8) is 0 Å². The maximum atomic E-state index is 10.7. The number of benzene rings is 1. The van der Waals surface area contributed by atoms with Crippen molar-refractivity contribution in [3.05, 3.63) is 42.0 Å². The molecule has 70 valence electrons. The fraction of sp³-hybridized carbons (Fsp3) is 0.100. The Labute approximate surface area is 118 Å². The van der Waals surface area contributed by atoms with Crippen LogP contribution in [0.1, 0.15) is 5.56 Å². The van der Waals surface area contributed by atoms with Crippen molar-refractivity contribution >= 4 is 12.0 Å². The zero-order valence-corrected chi connectivity index (χ0v) is 9.23. The zero-order chi connectivity index (χ0) is 8.81. The Bertz CT molecular complexity index is 280. The van der Waals surface area contributed by atoms with Gasteiger partial charge in [0.15, 0.2) is 0 Å². The summed E-state index contributed by atoms with van der Waals surface area (Å²) in [6, 6.07) is 9.59. The fourth-order valence-electron chi connectivity index (χ4n) is 0.796. The van der Waals surface area contributed by atoms with Crippen molar-refractivity contribution in [1.29, 1.82) is 0 Å². The van der Waals surface area contributed by atoms with E-state index in [4.69, 9.17) is 0 Å². The molecule has 0 bridgehead atoms. The van der Waals surface area contributed by atoms with E-state index >= 15 is 0 Å². The molecule has 0 saturated heterocycles. The third-order valence-electron chi connectivity index (χ3n) is 1.41. The Balaban J connectivity index is 0.00000144. The quantitative estimate of drug-likeness (QED) is 0.615. The summed E-state index contributed by atoms with van der Waals surface area (Å²) in [5.41, 5.74) is 0.989. The average molecular weight is 293 g/mol. The summed E-state index contributed by atoms with van der Waals surface area (Å²) < 4.78 is 4.45. The van der Waals surface area contributed by atoms with Gasteiger partial charge in [0.05, 0.1) is 7.11 Å². The summed E-state index contributed by atoms with van der Waals surface area (Å²) in [5.74, 6) is -0.334. The summed E-state index contributed by atoms with van der Waals surface area (Å²) in [7, 11) is 1.36. The van der Waals surface area contributed by atoms with E-state index in [9.17, 15) is 4.79 Å². The second-order valence-electron chi connectivity index (χ2n) is 2.27. The van der Waals surface area contributed by atoms with Crippen molar-refractivity contribution in [2.75, 3.05) is 7.11 Å². The van der Waals surface area contributed by atoms with Crippen molar-refractivity contribution < 1.29 is 58.4 Å². The Morgan fingerprint density at radius 1 is 1.31 bits per heavy atom. The number of esters is 1. The second kappa shape index (κ2) is 7.41. The molecule has 1 aromatic rings. The number of methoxy groups -OCH3 is 1. The molecule has 0 N–H and O–H groups in total. The van der Waals surface area contributed by atoms with Crippen molar-refractivity contribution in [1.82, 2.24) is 0 Å². The van der Waals surface area contributed by atoms with E-state index < -0.39 is 0 Å². The first-order valence-electron chi connectivity index (χ1n) is 3.64. The minimum absolute atomic E-state index is 0. The van der Waals surface area contributed by atoms with Crippen LogP contribution in [0.5, 0.6) is 0 Å². The molecule has 0 saturated carbocycles. The van der Waals surface area contributed by atoms with Crippen LogP contribution < -0.4 is 0 Å². The van der Waals surface area contributed by atoms with Gasteiger partial charge in [-0.1, -0.05) is 30.3 Å². The maximum Gasteiger partial charge on any atom is 0.330 e. The van der Waals surface area contributed by atoms with Gasteiger partial charge in [0, 0.05) is 55.0 Å². The fourth-order valence-corrected chi connectivity index (χ4v) is 0.796. The molecule has 0 aliphatic rings. The molecule has 0 atom stereocenters. The standard InChI is InChI=1S/C10H10O2.Xe/c1-12-10(11)8-7-9-5-3-2-4-6-9;/h2-8H,1H3;. The second-order valence-corrected chi connectivity index (χ2v) is 2.27. The Kier molecular flexibility index (Phi) is 7.41. The number of carbonyl (C=O) groups is 1. The number of hydrogen-bond acceptors (Lipinski definition) is 2. The van der Waals surface area contributed by atoms with Gasteiger partial charge in [-0.3, -0.25) is 0 Å². The van der Waals surface area contributed by atoms with Crippen LogP contribution in [0, 0.1) is 48.9 Å². The van der Waals surface area contributed by atoms with Crippen molar-refractivity contribution in [3.8, 4) is 0 Å².